The molecule has 0 amide bonds. The third kappa shape index (κ3) is 1.98. The average molecular weight is 284 g/mol. The highest BCUT2D eigenvalue weighted by Gasteiger charge is 2.13. The first-order chi connectivity index (χ1) is 9.72. The fraction of sp³-hybridized carbons (Fsp3) is 0.0667. The number of benzene rings is 1. The number of fused-ring (bicyclic) bond motifs is 1. The van der Waals surface area contributed by atoms with E-state index in [0.717, 1.165) is 22.3 Å². The van der Waals surface area contributed by atoms with Gasteiger partial charge in [0.15, 0.2) is 0 Å². The summed E-state index contributed by atoms with van der Waals surface area (Å²) in [5.41, 5.74) is 3.81. The highest BCUT2D eigenvalue weighted by molar-refractivity contribution is 6.31. The first kappa shape index (κ1) is 12.5. The Morgan fingerprint density at radius 2 is 2.20 bits per heavy atom. The predicted octanol–water partition coefficient (Wildman–Crippen LogP) is 3.76. The van der Waals surface area contributed by atoms with E-state index < -0.39 is 0 Å². The Hall–Kier alpha value is -2.51. The van der Waals surface area contributed by atoms with Gasteiger partial charge in [-0.05, 0) is 24.3 Å². The Kier molecular flexibility index (Phi) is 3.05. The molecule has 3 rings (SSSR count). The minimum atomic E-state index is 0.495. The standard InChI is InChI=1S/C15H10ClN3O/c1-20-15-9(7-17)3-2-4-11(15)12-6-13-14(19-12)5-10(16)8-18-13/h2-6,8,19H,1H3. The van der Waals surface area contributed by atoms with Crippen molar-refractivity contribution in [3.05, 3.63) is 47.1 Å². The van der Waals surface area contributed by atoms with Crippen LogP contribution in [-0.4, -0.2) is 17.1 Å². The van der Waals surface area contributed by atoms with Crippen molar-refractivity contribution in [1.82, 2.24) is 9.97 Å². The number of nitriles is 1. The van der Waals surface area contributed by atoms with E-state index in [-0.39, 0.29) is 0 Å². The largest absolute Gasteiger partial charge is 0.495 e. The molecule has 0 fully saturated rings. The van der Waals surface area contributed by atoms with Crippen LogP contribution >= 0.6 is 11.6 Å². The molecule has 1 aromatic carbocycles. The summed E-state index contributed by atoms with van der Waals surface area (Å²) in [4.78, 5) is 7.50. The minimum absolute atomic E-state index is 0.495. The molecule has 20 heavy (non-hydrogen) atoms. The van der Waals surface area contributed by atoms with Gasteiger partial charge in [-0.15, -0.1) is 0 Å². The maximum atomic E-state index is 9.13. The number of nitrogens with one attached hydrogen (secondary N) is 1. The Labute approximate surface area is 120 Å². The van der Waals surface area contributed by atoms with Gasteiger partial charge in [0.1, 0.15) is 11.8 Å². The van der Waals surface area contributed by atoms with Crippen LogP contribution in [0.4, 0.5) is 0 Å². The third-order valence-corrected chi connectivity index (χ3v) is 3.27. The van der Waals surface area contributed by atoms with E-state index in [2.05, 4.69) is 16.0 Å². The molecule has 0 saturated carbocycles. The Balaban J connectivity index is 2.23. The van der Waals surface area contributed by atoms with E-state index in [0.29, 0.717) is 16.3 Å². The van der Waals surface area contributed by atoms with Gasteiger partial charge in [0, 0.05) is 11.8 Å². The monoisotopic (exact) mass is 283 g/mol. The maximum Gasteiger partial charge on any atom is 0.145 e. The van der Waals surface area contributed by atoms with Crippen LogP contribution in [0.3, 0.4) is 0 Å². The van der Waals surface area contributed by atoms with Crippen molar-refractivity contribution in [2.75, 3.05) is 7.11 Å². The number of aromatic nitrogens is 2. The number of rotatable bonds is 2. The second-order valence-electron chi connectivity index (χ2n) is 4.27. The van der Waals surface area contributed by atoms with Crippen molar-refractivity contribution in [2.24, 2.45) is 0 Å². The summed E-state index contributed by atoms with van der Waals surface area (Å²) in [6, 6.07) is 11.3. The summed E-state index contributed by atoms with van der Waals surface area (Å²) in [6.45, 7) is 0. The Bertz CT molecular complexity index is 833. The molecule has 0 radical (unpaired) electrons. The lowest BCUT2D eigenvalue weighted by Gasteiger charge is -2.08. The average Bonchev–Trinajstić information content (AvgIpc) is 2.88. The van der Waals surface area contributed by atoms with E-state index >= 15 is 0 Å². The fourth-order valence-corrected chi connectivity index (χ4v) is 2.34. The number of hydrogen-bond donors (Lipinski definition) is 1. The van der Waals surface area contributed by atoms with E-state index in [1.54, 1.807) is 19.4 Å². The van der Waals surface area contributed by atoms with Crippen molar-refractivity contribution in [3.8, 4) is 23.1 Å². The fourth-order valence-electron chi connectivity index (χ4n) is 2.19. The van der Waals surface area contributed by atoms with Crippen LogP contribution in [0.1, 0.15) is 5.56 Å². The van der Waals surface area contributed by atoms with Crippen LogP contribution in [0, 0.1) is 11.3 Å². The van der Waals surface area contributed by atoms with Gasteiger partial charge in [-0.2, -0.15) is 5.26 Å². The molecule has 2 aromatic heterocycles. The molecule has 0 bridgehead atoms. The van der Waals surface area contributed by atoms with Crippen molar-refractivity contribution < 1.29 is 4.74 Å². The topological polar surface area (TPSA) is 61.7 Å². The first-order valence-electron chi connectivity index (χ1n) is 5.94. The Morgan fingerprint density at radius 1 is 1.35 bits per heavy atom. The molecule has 0 saturated heterocycles. The van der Waals surface area contributed by atoms with Crippen molar-refractivity contribution >= 4 is 22.6 Å². The van der Waals surface area contributed by atoms with Crippen molar-refractivity contribution in [3.63, 3.8) is 0 Å². The lowest BCUT2D eigenvalue weighted by molar-refractivity contribution is 0.415. The maximum absolute atomic E-state index is 9.13. The van der Waals surface area contributed by atoms with E-state index in [4.69, 9.17) is 21.6 Å². The molecule has 0 aliphatic heterocycles. The smallest absolute Gasteiger partial charge is 0.145 e. The molecule has 0 aliphatic rings. The van der Waals surface area contributed by atoms with Crippen LogP contribution in [0.25, 0.3) is 22.3 Å². The second kappa shape index (κ2) is 4.87. The van der Waals surface area contributed by atoms with Crippen LogP contribution in [-0.2, 0) is 0 Å². The molecule has 0 spiro atoms. The van der Waals surface area contributed by atoms with Crippen LogP contribution in [0.5, 0.6) is 5.75 Å². The van der Waals surface area contributed by atoms with Gasteiger partial charge in [-0.1, -0.05) is 17.7 Å². The van der Waals surface area contributed by atoms with Gasteiger partial charge in [-0.3, -0.25) is 4.98 Å². The van der Waals surface area contributed by atoms with E-state index in [1.165, 1.54) is 0 Å². The summed E-state index contributed by atoms with van der Waals surface area (Å²) in [5, 5.41) is 9.70. The first-order valence-corrected chi connectivity index (χ1v) is 6.32. The second-order valence-corrected chi connectivity index (χ2v) is 4.70. The molecule has 3 aromatic rings. The highest BCUT2D eigenvalue weighted by Crippen LogP contribution is 2.33. The number of ether oxygens (including phenoxy) is 1. The summed E-state index contributed by atoms with van der Waals surface area (Å²) in [5.74, 6) is 0.549. The lowest BCUT2D eigenvalue weighted by atomic mass is 10.1. The van der Waals surface area contributed by atoms with Gasteiger partial charge < -0.3 is 9.72 Å². The minimum Gasteiger partial charge on any atom is -0.495 e. The number of nitrogens with zero attached hydrogens (tertiary/aromatic N) is 2. The molecule has 98 valence electrons. The van der Waals surface area contributed by atoms with E-state index in [1.807, 2.05) is 24.3 Å². The third-order valence-electron chi connectivity index (χ3n) is 3.07. The summed E-state index contributed by atoms with van der Waals surface area (Å²) in [6.07, 6.45) is 1.60. The number of halogens is 1. The zero-order valence-corrected chi connectivity index (χ0v) is 11.4. The summed E-state index contributed by atoms with van der Waals surface area (Å²) in [7, 11) is 1.55. The number of pyridine rings is 1. The van der Waals surface area contributed by atoms with Crippen molar-refractivity contribution in [1.29, 1.82) is 5.26 Å². The zero-order chi connectivity index (χ0) is 14.1. The van der Waals surface area contributed by atoms with Gasteiger partial charge in [0.2, 0.25) is 0 Å². The molecule has 0 atom stereocenters. The van der Waals surface area contributed by atoms with Crippen LogP contribution < -0.4 is 4.74 Å². The van der Waals surface area contributed by atoms with Gasteiger partial charge in [-0.25, -0.2) is 0 Å². The lowest BCUT2D eigenvalue weighted by Crippen LogP contribution is -1.91. The molecule has 4 nitrogen and oxygen atoms in total. The summed E-state index contributed by atoms with van der Waals surface area (Å²) >= 11 is 5.93. The molecule has 1 N–H and O–H groups in total. The number of aromatic amines is 1. The predicted molar refractivity (Wildman–Crippen MR) is 77.8 cm³/mol. The van der Waals surface area contributed by atoms with E-state index in [9.17, 15) is 0 Å². The normalized spacial score (nSPS) is 10.4. The Morgan fingerprint density at radius 3 is 2.95 bits per heavy atom. The quantitative estimate of drug-likeness (QED) is 0.779. The summed E-state index contributed by atoms with van der Waals surface area (Å²) < 4.78 is 5.35. The van der Waals surface area contributed by atoms with Crippen molar-refractivity contribution in [2.45, 2.75) is 0 Å². The van der Waals surface area contributed by atoms with Gasteiger partial charge in [0.05, 0.1) is 34.4 Å². The molecular formula is C15H10ClN3O. The number of H-pyrrole nitrogens is 1. The number of hydrogen-bond acceptors (Lipinski definition) is 3. The molecular weight excluding hydrogens is 274 g/mol. The number of methoxy groups -OCH3 is 1. The SMILES string of the molecule is COc1c(C#N)cccc1-c1cc2ncc(Cl)cc2[nH]1. The number of para-hydroxylation sites is 1. The molecule has 0 unspecified atom stereocenters. The molecule has 5 heteroatoms. The van der Waals surface area contributed by atoms with Crippen LogP contribution in [0.15, 0.2) is 36.5 Å². The van der Waals surface area contributed by atoms with Crippen LogP contribution in [0.2, 0.25) is 5.02 Å². The molecule has 2 heterocycles. The van der Waals surface area contributed by atoms with Gasteiger partial charge in [0.25, 0.3) is 0 Å². The highest BCUT2D eigenvalue weighted by atomic mass is 35.5. The molecule has 0 aliphatic carbocycles. The zero-order valence-electron chi connectivity index (χ0n) is 10.6. The van der Waals surface area contributed by atoms with Gasteiger partial charge >= 0.3 is 0 Å².